The van der Waals surface area contributed by atoms with Crippen molar-refractivity contribution in [3.63, 3.8) is 0 Å². The van der Waals surface area contributed by atoms with Crippen LogP contribution in [0.1, 0.15) is 31.7 Å². The maximum Gasteiger partial charge on any atom is 0.419 e. The number of rotatable bonds is 3. The number of nitrogens with one attached hydrogen (secondary N) is 2. The molecule has 1 fully saturated rings. The van der Waals surface area contributed by atoms with E-state index in [2.05, 4.69) is 10.6 Å². The molecule has 0 spiro atoms. The van der Waals surface area contributed by atoms with Gasteiger partial charge in [-0.05, 0) is 44.0 Å². The average molecular weight is 341 g/mol. The number of carbonyl (C=O) groups is 1. The van der Waals surface area contributed by atoms with Crippen LogP contribution in [0.3, 0.4) is 0 Å². The maximum absolute atomic E-state index is 13.2. The van der Waals surface area contributed by atoms with Crippen LogP contribution >= 0.6 is 12.4 Å². The highest BCUT2D eigenvalue weighted by molar-refractivity contribution is 5.98. The summed E-state index contributed by atoms with van der Waals surface area (Å²) in [5, 5.41) is 5.53. The fourth-order valence-electron chi connectivity index (χ4n) is 2.53. The van der Waals surface area contributed by atoms with Crippen LogP contribution < -0.4 is 10.6 Å². The van der Waals surface area contributed by atoms with Gasteiger partial charge in [-0.25, -0.2) is 4.39 Å². The summed E-state index contributed by atoms with van der Waals surface area (Å²) in [6.45, 7) is 2.53. The predicted molar refractivity (Wildman–Crippen MR) is 77.5 cm³/mol. The van der Waals surface area contributed by atoms with Crippen LogP contribution in [-0.2, 0) is 11.0 Å². The van der Waals surface area contributed by atoms with Gasteiger partial charge < -0.3 is 10.6 Å². The first kappa shape index (κ1) is 18.7. The first-order valence-corrected chi connectivity index (χ1v) is 6.72. The zero-order chi connectivity index (χ0) is 15.7. The lowest BCUT2D eigenvalue weighted by Gasteiger charge is -2.26. The fraction of sp³-hybridized carbons (Fsp3) is 0.500. The van der Waals surface area contributed by atoms with Gasteiger partial charge >= 0.3 is 6.18 Å². The van der Waals surface area contributed by atoms with E-state index in [0.29, 0.717) is 31.5 Å². The molecule has 3 nitrogen and oxygen atoms in total. The van der Waals surface area contributed by atoms with Crippen LogP contribution in [-0.4, -0.2) is 18.0 Å². The van der Waals surface area contributed by atoms with E-state index < -0.39 is 23.1 Å². The molecule has 1 aliphatic heterocycles. The third-order valence-corrected chi connectivity index (χ3v) is 3.81. The zero-order valence-corrected chi connectivity index (χ0v) is 12.7. The molecule has 1 atom stereocenters. The van der Waals surface area contributed by atoms with Gasteiger partial charge in [0.1, 0.15) is 5.82 Å². The van der Waals surface area contributed by atoms with Gasteiger partial charge in [0, 0.05) is 5.69 Å². The Morgan fingerprint density at radius 3 is 2.59 bits per heavy atom. The van der Waals surface area contributed by atoms with Gasteiger partial charge in [0.2, 0.25) is 5.91 Å². The third-order valence-electron chi connectivity index (χ3n) is 3.81. The van der Waals surface area contributed by atoms with Crippen LogP contribution in [0.25, 0.3) is 0 Å². The molecule has 22 heavy (non-hydrogen) atoms. The number of hydrogen-bond acceptors (Lipinski definition) is 2. The normalized spacial score (nSPS) is 21.3. The van der Waals surface area contributed by atoms with E-state index in [9.17, 15) is 22.4 Å². The van der Waals surface area contributed by atoms with Crippen molar-refractivity contribution in [3.05, 3.63) is 29.6 Å². The smallest absolute Gasteiger partial charge is 0.324 e. The van der Waals surface area contributed by atoms with Crippen molar-refractivity contribution in [1.29, 1.82) is 0 Å². The Labute approximate surface area is 131 Å². The minimum Gasteiger partial charge on any atom is -0.324 e. The summed E-state index contributed by atoms with van der Waals surface area (Å²) in [5.41, 5.74) is -2.20. The molecule has 1 aromatic carbocycles. The van der Waals surface area contributed by atoms with Gasteiger partial charge in [-0.3, -0.25) is 4.79 Å². The molecular weight excluding hydrogens is 324 g/mol. The SMILES string of the molecule is CCC1(C(=O)Nc2ccc(F)c(C(F)(F)F)c2)CCCN1.Cl. The van der Waals surface area contributed by atoms with Crippen molar-refractivity contribution in [2.24, 2.45) is 0 Å². The Morgan fingerprint density at radius 1 is 1.41 bits per heavy atom. The molecule has 1 aromatic rings. The molecule has 1 unspecified atom stereocenters. The van der Waals surface area contributed by atoms with Crippen LogP contribution in [0.15, 0.2) is 18.2 Å². The molecule has 2 N–H and O–H groups in total. The average Bonchev–Trinajstić information content (AvgIpc) is 2.89. The van der Waals surface area contributed by atoms with Gasteiger partial charge in [0.05, 0.1) is 11.1 Å². The van der Waals surface area contributed by atoms with E-state index >= 15 is 0 Å². The van der Waals surface area contributed by atoms with Crippen LogP contribution in [0.4, 0.5) is 23.2 Å². The largest absolute Gasteiger partial charge is 0.419 e. The Balaban J connectivity index is 0.00000242. The van der Waals surface area contributed by atoms with Crippen molar-refractivity contribution in [2.75, 3.05) is 11.9 Å². The van der Waals surface area contributed by atoms with Crippen molar-refractivity contribution >= 4 is 24.0 Å². The Kier molecular flexibility index (Phi) is 5.81. The third kappa shape index (κ3) is 3.70. The van der Waals surface area contributed by atoms with E-state index in [1.807, 2.05) is 6.92 Å². The van der Waals surface area contributed by atoms with Crippen LogP contribution in [0, 0.1) is 5.82 Å². The molecule has 8 heteroatoms. The summed E-state index contributed by atoms with van der Waals surface area (Å²) in [4.78, 5) is 12.3. The lowest BCUT2D eigenvalue weighted by molar-refractivity contribution is -0.140. The molecule has 1 amide bonds. The second-order valence-corrected chi connectivity index (χ2v) is 5.11. The number of carbonyl (C=O) groups excluding carboxylic acids is 1. The maximum atomic E-state index is 13.2. The molecular formula is C14H17ClF4N2O. The highest BCUT2D eigenvalue weighted by Crippen LogP contribution is 2.33. The van der Waals surface area contributed by atoms with Crippen LogP contribution in [0.2, 0.25) is 0 Å². The quantitative estimate of drug-likeness (QED) is 0.823. The van der Waals surface area contributed by atoms with Crippen molar-refractivity contribution < 1.29 is 22.4 Å². The van der Waals surface area contributed by atoms with Gasteiger partial charge in [0.25, 0.3) is 0 Å². The Hall–Kier alpha value is -1.34. The summed E-state index contributed by atoms with van der Waals surface area (Å²) in [6.07, 6.45) is -2.80. The highest BCUT2D eigenvalue weighted by Gasteiger charge is 2.39. The molecule has 2 rings (SSSR count). The van der Waals surface area contributed by atoms with Crippen molar-refractivity contribution in [3.8, 4) is 0 Å². The number of hydrogen-bond donors (Lipinski definition) is 2. The van der Waals surface area contributed by atoms with E-state index in [0.717, 1.165) is 12.5 Å². The van der Waals surface area contributed by atoms with E-state index in [1.54, 1.807) is 0 Å². The number of anilines is 1. The molecule has 1 heterocycles. The summed E-state index contributed by atoms with van der Waals surface area (Å²) in [6, 6.07) is 2.45. The minimum absolute atomic E-state index is 0. The van der Waals surface area contributed by atoms with E-state index in [4.69, 9.17) is 0 Å². The standard InChI is InChI=1S/C14H16F4N2O.ClH/c1-2-13(6-3-7-19-13)12(21)20-9-4-5-11(15)10(8-9)14(16,17)18;/h4-5,8,19H,2-3,6-7H2,1H3,(H,20,21);1H. The Bertz CT molecular complexity index is 542. The topological polar surface area (TPSA) is 41.1 Å². The minimum atomic E-state index is -4.79. The van der Waals surface area contributed by atoms with E-state index in [-0.39, 0.29) is 24.0 Å². The zero-order valence-electron chi connectivity index (χ0n) is 11.9. The number of alkyl halides is 3. The molecule has 1 saturated heterocycles. The molecule has 124 valence electrons. The molecule has 1 aliphatic rings. The van der Waals surface area contributed by atoms with Crippen molar-refractivity contribution in [2.45, 2.75) is 37.9 Å². The van der Waals surface area contributed by atoms with E-state index in [1.165, 1.54) is 0 Å². The summed E-state index contributed by atoms with van der Waals surface area (Å²) in [5.74, 6) is -1.74. The lowest BCUT2D eigenvalue weighted by Crippen LogP contribution is -2.50. The monoisotopic (exact) mass is 340 g/mol. The lowest BCUT2D eigenvalue weighted by atomic mass is 9.93. The molecule has 0 saturated carbocycles. The first-order valence-electron chi connectivity index (χ1n) is 6.72. The first-order chi connectivity index (χ1) is 9.78. The van der Waals surface area contributed by atoms with Gasteiger partial charge in [-0.1, -0.05) is 6.92 Å². The second kappa shape index (κ2) is 6.83. The van der Waals surface area contributed by atoms with Gasteiger partial charge in [0.15, 0.2) is 0 Å². The van der Waals surface area contributed by atoms with Crippen LogP contribution in [0.5, 0.6) is 0 Å². The Morgan fingerprint density at radius 2 is 2.09 bits per heavy atom. The van der Waals surface area contributed by atoms with Gasteiger partial charge in [-0.15, -0.1) is 12.4 Å². The second-order valence-electron chi connectivity index (χ2n) is 5.11. The highest BCUT2D eigenvalue weighted by atomic mass is 35.5. The molecule has 0 radical (unpaired) electrons. The molecule has 0 aliphatic carbocycles. The predicted octanol–water partition coefficient (Wildman–Crippen LogP) is 3.74. The van der Waals surface area contributed by atoms with Crippen molar-refractivity contribution in [1.82, 2.24) is 5.32 Å². The van der Waals surface area contributed by atoms with Gasteiger partial charge in [-0.2, -0.15) is 13.2 Å². The summed E-state index contributed by atoms with van der Waals surface area (Å²) >= 11 is 0. The molecule has 0 bridgehead atoms. The number of halogens is 5. The summed E-state index contributed by atoms with van der Waals surface area (Å²) in [7, 11) is 0. The fourth-order valence-corrected chi connectivity index (χ4v) is 2.53. The summed E-state index contributed by atoms with van der Waals surface area (Å²) < 4.78 is 51.1. The number of benzene rings is 1. The number of amides is 1. The molecule has 0 aromatic heterocycles.